The highest BCUT2D eigenvalue weighted by molar-refractivity contribution is 7.97. The Hall–Kier alpha value is -1.96. The molecule has 0 spiro atoms. The highest BCUT2D eigenvalue weighted by Crippen LogP contribution is 2.17. The van der Waals surface area contributed by atoms with Crippen molar-refractivity contribution in [1.29, 1.82) is 0 Å². The van der Waals surface area contributed by atoms with Gasteiger partial charge >= 0.3 is 5.97 Å². The molecule has 0 aliphatic heterocycles. The molecule has 2 heterocycles. The van der Waals surface area contributed by atoms with E-state index in [4.69, 9.17) is 9.47 Å². The van der Waals surface area contributed by atoms with Gasteiger partial charge in [0.05, 0.1) is 19.2 Å². The van der Waals surface area contributed by atoms with Crippen molar-refractivity contribution in [2.75, 3.05) is 13.4 Å². The molecule has 0 bridgehead atoms. The Labute approximate surface area is 120 Å². The summed E-state index contributed by atoms with van der Waals surface area (Å²) in [5.41, 5.74) is 0.347. The average molecular weight is 296 g/mol. The van der Waals surface area contributed by atoms with Gasteiger partial charge < -0.3 is 9.47 Å². The van der Waals surface area contributed by atoms with Crippen LogP contribution in [0.15, 0.2) is 18.3 Å². The summed E-state index contributed by atoms with van der Waals surface area (Å²) < 4.78 is 13.5. The maximum atomic E-state index is 12.2. The number of ether oxygens (including phenoxy) is 2. The van der Waals surface area contributed by atoms with Crippen LogP contribution < -0.4 is 9.47 Å². The lowest BCUT2D eigenvalue weighted by Gasteiger charge is -2.07. The Kier molecular flexibility index (Phi) is 4.67. The normalized spacial score (nSPS) is 10.6. The van der Waals surface area contributed by atoms with Crippen LogP contribution in [0.3, 0.4) is 0 Å². The maximum absolute atomic E-state index is 12.2. The summed E-state index contributed by atoms with van der Waals surface area (Å²) in [6.45, 7) is 2.55. The third-order valence-electron chi connectivity index (χ3n) is 2.60. The summed E-state index contributed by atoms with van der Waals surface area (Å²) in [5, 5.41) is 8.21. The number of carbonyl (C=O) groups is 1. The van der Waals surface area contributed by atoms with Gasteiger partial charge in [-0.2, -0.15) is 5.10 Å². The van der Waals surface area contributed by atoms with E-state index in [9.17, 15) is 4.79 Å². The average Bonchev–Trinajstić information content (AvgIpc) is 3.05. The molecule has 2 rings (SSSR count). The zero-order chi connectivity index (χ0) is 14.5. The van der Waals surface area contributed by atoms with Crippen molar-refractivity contribution in [3.63, 3.8) is 0 Å². The number of esters is 1. The Morgan fingerprint density at radius 3 is 2.90 bits per heavy atom. The molecule has 20 heavy (non-hydrogen) atoms. The van der Waals surface area contributed by atoms with Gasteiger partial charge in [-0.3, -0.25) is 0 Å². The van der Waals surface area contributed by atoms with E-state index in [1.165, 1.54) is 7.11 Å². The molecule has 0 aliphatic rings. The lowest BCUT2D eigenvalue weighted by atomic mass is 10.4. The van der Waals surface area contributed by atoms with Crippen LogP contribution in [0.25, 0.3) is 0 Å². The molecule has 108 valence electrons. The number of hydrogen-bond donors (Lipinski definition) is 0. The van der Waals surface area contributed by atoms with Gasteiger partial charge in [0.1, 0.15) is 0 Å². The summed E-state index contributed by atoms with van der Waals surface area (Å²) in [7, 11) is 1.51. The Morgan fingerprint density at radius 2 is 2.25 bits per heavy atom. The zero-order valence-electron chi connectivity index (χ0n) is 11.6. The molecule has 0 amide bonds. The van der Waals surface area contributed by atoms with E-state index < -0.39 is 5.97 Å². The predicted molar refractivity (Wildman–Crippen MR) is 75.2 cm³/mol. The van der Waals surface area contributed by atoms with Gasteiger partial charge in [0.25, 0.3) is 0 Å². The molecule has 0 fully saturated rings. The summed E-state index contributed by atoms with van der Waals surface area (Å²) in [4.78, 5) is 12.2. The number of hydrogen-bond acceptors (Lipinski definition) is 6. The lowest BCUT2D eigenvalue weighted by Crippen LogP contribution is -2.16. The first kappa shape index (κ1) is 14.4. The molecular weight excluding hydrogens is 280 g/mol. The summed E-state index contributed by atoms with van der Waals surface area (Å²) >= 11 is 1.55. The van der Waals surface area contributed by atoms with Crippen LogP contribution >= 0.6 is 11.8 Å². The second-order valence-corrected chi connectivity index (χ2v) is 4.70. The zero-order valence-corrected chi connectivity index (χ0v) is 12.4. The molecule has 0 N–H and O–H groups in total. The third-order valence-corrected chi connectivity index (χ3v) is 3.10. The van der Waals surface area contributed by atoms with E-state index in [1.807, 2.05) is 13.2 Å². The quantitative estimate of drug-likeness (QED) is 0.755. The highest BCUT2D eigenvalue weighted by atomic mass is 32.2. The van der Waals surface area contributed by atoms with Crippen LogP contribution in [0.5, 0.6) is 11.8 Å². The standard InChI is InChI=1S/C12H16N4O3S/c1-4-15-11(5-6-13-15)19-12(17)9-7-10(18-2)14-16(9)8-20-3/h5-7H,4,8H2,1-3H3. The number of carbonyl (C=O) groups excluding carboxylic acids is 1. The fourth-order valence-corrected chi connectivity index (χ4v) is 2.11. The van der Waals surface area contributed by atoms with Gasteiger partial charge in [-0.05, 0) is 13.2 Å². The lowest BCUT2D eigenvalue weighted by molar-refractivity contribution is 0.0706. The van der Waals surface area contributed by atoms with Crippen LogP contribution in [0.1, 0.15) is 17.4 Å². The Morgan fingerprint density at radius 1 is 1.45 bits per heavy atom. The number of nitrogens with zero attached hydrogens (tertiary/aromatic N) is 4. The molecule has 0 unspecified atom stereocenters. The topological polar surface area (TPSA) is 71.2 Å². The number of aryl methyl sites for hydroxylation is 1. The van der Waals surface area contributed by atoms with E-state index in [0.29, 0.717) is 29.9 Å². The van der Waals surface area contributed by atoms with Crippen molar-refractivity contribution in [2.45, 2.75) is 19.3 Å². The molecule has 7 nitrogen and oxygen atoms in total. The fraction of sp³-hybridized carbons (Fsp3) is 0.417. The molecular formula is C12H16N4O3S. The number of rotatable bonds is 6. The predicted octanol–water partition coefficient (Wildman–Crippen LogP) is 1.65. The van der Waals surface area contributed by atoms with Gasteiger partial charge in [0, 0.05) is 18.7 Å². The van der Waals surface area contributed by atoms with Crippen molar-refractivity contribution in [3.05, 3.63) is 24.0 Å². The molecule has 0 aliphatic carbocycles. The van der Waals surface area contributed by atoms with Crippen LogP contribution in [0, 0.1) is 0 Å². The first-order chi connectivity index (χ1) is 9.69. The fourth-order valence-electron chi connectivity index (χ4n) is 1.67. The minimum absolute atomic E-state index is 0.347. The summed E-state index contributed by atoms with van der Waals surface area (Å²) in [6.07, 6.45) is 3.52. The van der Waals surface area contributed by atoms with Crippen molar-refractivity contribution >= 4 is 17.7 Å². The van der Waals surface area contributed by atoms with E-state index in [2.05, 4.69) is 10.2 Å². The van der Waals surface area contributed by atoms with Crippen LogP contribution in [-0.4, -0.2) is 38.9 Å². The second-order valence-electron chi connectivity index (χ2n) is 3.86. The van der Waals surface area contributed by atoms with Crippen LogP contribution in [0.2, 0.25) is 0 Å². The van der Waals surface area contributed by atoms with E-state index >= 15 is 0 Å². The molecule has 0 radical (unpaired) electrons. The van der Waals surface area contributed by atoms with Gasteiger partial charge in [0.15, 0.2) is 5.69 Å². The van der Waals surface area contributed by atoms with Crippen LogP contribution in [-0.2, 0) is 12.4 Å². The second kappa shape index (κ2) is 6.47. The monoisotopic (exact) mass is 296 g/mol. The molecule has 8 heteroatoms. The molecule has 2 aromatic heterocycles. The molecule has 0 aromatic carbocycles. The first-order valence-corrected chi connectivity index (χ1v) is 7.43. The molecule has 0 saturated heterocycles. The van der Waals surface area contributed by atoms with Gasteiger partial charge in [-0.25, -0.2) is 14.2 Å². The van der Waals surface area contributed by atoms with Gasteiger partial charge in [0.2, 0.25) is 11.8 Å². The van der Waals surface area contributed by atoms with Crippen LogP contribution in [0.4, 0.5) is 0 Å². The van der Waals surface area contributed by atoms with E-state index in [-0.39, 0.29) is 0 Å². The van der Waals surface area contributed by atoms with Crippen molar-refractivity contribution < 1.29 is 14.3 Å². The van der Waals surface area contributed by atoms with Gasteiger partial charge in [-0.1, -0.05) is 0 Å². The summed E-state index contributed by atoms with van der Waals surface area (Å²) in [5.74, 6) is 0.856. The molecule has 0 saturated carbocycles. The SMILES string of the molecule is CCn1nccc1OC(=O)c1cc(OC)nn1CSC. The van der Waals surface area contributed by atoms with Crippen molar-refractivity contribution in [3.8, 4) is 11.8 Å². The first-order valence-electron chi connectivity index (χ1n) is 6.04. The Bertz CT molecular complexity index is 593. The minimum Gasteiger partial charge on any atom is -0.480 e. The highest BCUT2D eigenvalue weighted by Gasteiger charge is 2.19. The van der Waals surface area contributed by atoms with E-state index in [1.54, 1.807) is 39.5 Å². The number of methoxy groups -OCH3 is 1. The summed E-state index contributed by atoms with van der Waals surface area (Å²) in [6, 6.07) is 3.21. The maximum Gasteiger partial charge on any atom is 0.363 e. The third kappa shape index (κ3) is 2.96. The number of thioether (sulfide) groups is 1. The molecule has 0 atom stereocenters. The minimum atomic E-state index is -0.481. The van der Waals surface area contributed by atoms with Crippen molar-refractivity contribution in [2.24, 2.45) is 0 Å². The van der Waals surface area contributed by atoms with E-state index in [0.717, 1.165) is 0 Å². The largest absolute Gasteiger partial charge is 0.480 e. The van der Waals surface area contributed by atoms with Crippen molar-refractivity contribution in [1.82, 2.24) is 19.6 Å². The molecule has 2 aromatic rings. The van der Waals surface area contributed by atoms with Gasteiger partial charge in [-0.15, -0.1) is 16.9 Å². The number of aromatic nitrogens is 4. The smallest absolute Gasteiger partial charge is 0.363 e. The Balaban J connectivity index is 2.22.